The van der Waals surface area contributed by atoms with Crippen LogP contribution in [0.3, 0.4) is 0 Å². The number of hydrogen-bond donors (Lipinski definition) is 1. The largest absolute Gasteiger partial charge is 0.465 e. The van der Waals surface area contributed by atoms with E-state index in [-0.39, 0.29) is 24.2 Å². The zero-order chi connectivity index (χ0) is 18.6. The lowest BCUT2D eigenvalue weighted by atomic mass is 9.95. The first-order valence-corrected chi connectivity index (χ1v) is 8.54. The third-order valence-electron chi connectivity index (χ3n) is 4.26. The molecule has 0 bridgehead atoms. The van der Waals surface area contributed by atoms with Crippen LogP contribution >= 0.6 is 0 Å². The molecule has 1 heterocycles. The Hall–Kier alpha value is -2.37. The number of nitrogens with one attached hydrogen (secondary N) is 1. The molecule has 0 radical (unpaired) electrons. The van der Waals surface area contributed by atoms with Gasteiger partial charge in [-0.25, -0.2) is 4.79 Å². The molecule has 6 heteroatoms. The summed E-state index contributed by atoms with van der Waals surface area (Å²) in [5.74, 6) is -0.520. The molecule has 1 aliphatic heterocycles. The van der Waals surface area contributed by atoms with Crippen LogP contribution in [0.1, 0.15) is 49.5 Å². The molecule has 2 rings (SSSR count). The Morgan fingerprint density at radius 3 is 2.60 bits per heavy atom. The summed E-state index contributed by atoms with van der Waals surface area (Å²) >= 11 is 0. The predicted octanol–water partition coefficient (Wildman–Crippen LogP) is 2.30. The van der Waals surface area contributed by atoms with Crippen LogP contribution < -0.4 is 10.2 Å². The second-order valence-corrected chi connectivity index (χ2v) is 7.20. The van der Waals surface area contributed by atoms with Crippen LogP contribution in [0.5, 0.6) is 0 Å². The number of esters is 1. The number of rotatable bonds is 4. The highest BCUT2D eigenvalue weighted by Gasteiger charge is 2.26. The van der Waals surface area contributed by atoms with E-state index in [1.807, 2.05) is 26.8 Å². The third kappa shape index (κ3) is 4.38. The van der Waals surface area contributed by atoms with Crippen LogP contribution in [0, 0.1) is 5.41 Å². The molecule has 0 aromatic heterocycles. The summed E-state index contributed by atoms with van der Waals surface area (Å²) < 4.78 is 4.83. The maximum atomic E-state index is 12.6. The Morgan fingerprint density at radius 2 is 1.96 bits per heavy atom. The summed E-state index contributed by atoms with van der Waals surface area (Å²) in [5, 5.41) is 2.79. The van der Waals surface area contributed by atoms with E-state index in [2.05, 4.69) is 5.32 Å². The zero-order valence-electron chi connectivity index (χ0n) is 15.3. The predicted molar refractivity (Wildman–Crippen MR) is 95.5 cm³/mol. The fraction of sp³-hybridized carbons (Fsp3) is 0.526. The molecule has 0 saturated heterocycles. The molecule has 0 spiro atoms. The Kier molecular flexibility index (Phi) is 5.82. The minimum absolute atomic E-state index is 0.0582. The fourth-order valence-electron chi connectivity index (χ4n) is 2.87. The van der Waals surface area contributed by atoms with Crippen molar-refractivity contribution in [2.45, 2.75) is 40.0 Å². The molecule has 1 aromatic rings. The molecule has 1 N–H and O–H groups in total. The molecule has 136 valence electrons. The average Bonchev–Trinajstić information content (AvgIpc) is 2.58. The number of nitrogens with zero attached hydrogens (tertiary/aromatic N) is 1. The van der Waals surface area contributed by atoms with Gasteiger partial charge in [0.2, 0.25) is 11.8 Å². The maximum Gasteiger partial charge on any atom is 0.338 e. The van der Waals surface area contributed by atoms with Gasteiger partial charge in [-0.3, -0.25) is 9.59 Å². The number of carbonyl (C=O) groups excluding carboxylic acids is 3. The van der Waals surface area contributed by atoms with Gasteiger partial charge in [0, 0.05) is 30.6 Å². The molecule has 2 amide bonds. The Balaban J connectivity index is 2.09. The van der Waals surface area contributed by atoms with Gasteiger partial charge in [0.1, 0.15) is 0 Å². The second kappa shape index (κ2) is 7.68. The topological polar surface area (TPSA) is 75.7 Å². The van der Waals surface area contributed by atoms with Crippen molar-refractivity contribution < 1.29 is 19.1 Å². The minimum Gasteiger partial charge on any atom is -0.465 e. The van der Waals surface area contributed by atoms with E-state index in [9.17, 15) is 14.4 Å². The Morgan fingerprint density at radius 1 is 1.24 bits per heavy atom. The molecule has 0 unspecified atom stereocenters. The Labute approximate surface area is 148 Å². The van der Waals surface area contributed by atoms with E-state index in [0.717, 1.165) is 24.1 Å². The first-order chi connectivity index (χ1) is 11.8. The van der Waals surface area contributed by atoms with E-state index in [1.54, 1.807) is 17.0 Å². The summed E-state index contributed by atoms with van der Waals surface area (Å²) in [6.07, 6.45) is 1.76. The van der Waals surface area contributed by atoms with Crippen molar-refractivity contribution in [3.8, 4) is 0 Å². The maximum absolute atomic E-state index is 12.6. The molecule has 1 aliphatic rings. The van der Waals surface area contributed by atoms with E-state index >= 15 is 0 Å². The number of methoxy groups -OCH3 is 1. The zero-order valence-corrected chi connectivity index (χ0v) is 15.3. The Bertz CT molecular complexity index is 676. The first kappa shape index (κ1) is 19.0. The monoisotopic (exact) mass is 346 g/mol. The van der Waals surface area contributed by atoms with E-state index in [1.165, 1.54) is 7.11 Å². The molecular weight excluding hydrogens is 320 g/mol. The van der Waals surface area contributed by atoms with E-state index in [0.29, 0.717) is 18.7 Å². The van der Waals surface area contributed by atoms with Gasteiger partial charge in [-0.1, -0.05) is 26.8 Å². The first-order valence-electron chi connectivity index (χ1n) is 8.54. The minimum atomic E-state index is -0.476. The van der Waals surface area contributed by atoms with Crippen LogP contribution in [0.15, 0.2) is 18.2 Å². The molecule has 25 heavy (non-hydrogen) atoms. The van der Waals surface area contributed by atoms with Crippen LogP contribution in [0.25, 0.3) is 0 Å². The number of anilines is 1. The van der Waals surface area contributed by atoms with Crippen molar-refractivity contribution in [3.05, 3.63) is 29.3 Å². The summed E-state index contributed by atoms with van der Waals surface area (Å²) in [5.41, 5.74) is 1.66. The van der Waals surface area contributed by atoms with Crippen LogP contribution in [0.4, 0.5) is 5.69 Å². The lowest BCUT2D eigenvalue weighted by molar-refractivity contribution is -0.128. The smallest absolute Gasteiger partial charge is 0.338 e. The molecular formula is C19H26N2O4. The lowest BCUT2D eigenvalue weighted by Gasteiger charge is -2.30. The highest BCUT2D eigenvalue weighted by molar-refractivity contribution is 5.99. The molecule has 1 aromatic carbocycles. The van der Waals surface area contributed by atoms with E-state index < -0.39 is 5.41 Å². The van der Waals surface area contributed by atoms with Crippen molar-refractivity contribution >= 4 is 23.5 Å². The van der Waals surface area contributed by atoms with Crippen LogP contribution in [0.2, 0.25) is 0 Å². The van der Waals surface area contributed by atoms with Crippen molar-refractivity contribution in [2.24, 2.45) is 5.41 Å². The van der Waals surface area contributed by atoms with Crippen molar-refractivity contribution in [2.75, 3.05) is 25.1 Å². The highest BCUT2D eigenvalue weighted by atomic mass is 16.5. The highest BCUT2D eigenvalue weighted by Crippen LogP contribution is 2.30. The number of ether oxygens (including phenoxy) is 1. The quantitative estimate of drug-likeness (QED) is 0.849. The fourth-order valence-corrected chi connectivity index (χ4v) is 2.87. The molecule has 6 nitrogen and oxygen atoms in total. The summed E-state index contributed by atoms with van der Waals surface area (Å²) in [6, 6.07) is 5.34. The lowest BCUT2D eigenvalue weighted by Crippen LogP contribution is -2.40. The van der Waals surface area contributed by atoms with Gasteiger partial charge in [-0.2, -0.15) is 0 Å². The van der Waals surface area contributed by atoms with Gasteiger partial charge in [0.05, 0.1) is 12.7 Å². The van der Waals surface area contributed by atoms with Crippen molar-refractivity contribution in [1.82, 2.24) is 5.32 Å². The SMILES string of the molecule is COC(=O)c1cccc2c1CCCN2C(=O)CCNC(=O)C(C)(C)C. The third-order valence-corrected chi connectivity index (χ3v) is 4.26. The van der Waals surface area contributed by atoms with Gasteiger partial charge in [-0.05, 0) is 30.5 Å². The van der Waals surface area contributed by atoms with Crippen molar-refractivity contribution in [3.63, 3.8) is 0 Å². The standard InChI is InChI=1S/C19H26N2O4/c1-19(2,3)18(24)20-11-10-16(22)21-12-6-8-13-14(17(23)25-4)7-5-9-15(13)21/h5,7,9H,6,8,10-12H2,1-4H3,(H,20,24). The van der Waals surface area contributed by atoms with Crippen LogP contribution in [-0.2, 0) is 20.7 Å². The summed E-state index contributed by atoms with van der Waals surface area (Å²) in [7, 11) is 1.35. The molecule has 0 aliphatic carbocycles. The number of amides is 2. The number of carbonyl (C=O) groups is 3. The van der Waals surface area contributed by atoms with Gasteiger partial charge in [0.25, 0.3) is 0 Å². The number of fused-ring (bicyclic) bond motifs is 1. The van der Waals surface area contributed by atoms with Crippen LogP contribution in [-0.4, -0.2) is 38.0 Å². The van der Waals surface area contributed by atoms with Gasteiger partial charge in [-0.15, -0.1) is 0 Å². The molecule has 0 saturated carbocycles. The van der Waals surface area contributed by atoms with E-state index in [4.69, 9.17) is 4.74 Å². The summed E-state index contributed by atoms with van der Waals surface area (Å²) in [6.45, 7) is 6.42. The number of hydrogen-bond acceptors (Lipinski definition) is 4. The second-order valence-electron chi connectivity index (χ2n) is 7.20. The van der Waals surface area contributed by atoms with Gasteiger partial charge in [0.15, 0.2) is 0 Å². The molecule has 0 fully saturated rings. The number of benzene rings is 1. The van der Waals surface area contributed by atoms with Gasteiger partial charge >= 0.3 is 5.97 Å². The summed E-state index contributed by atoms with van der Waals surface area (Å²) in [4.78, 5) is 38.1. The average molecular weight is 346 g/mol. The van der Waals surface area contributed by atoms with Crippen molar-refractivity contribution in [1.29, 1.82) is 0 Å². The molecule has 0 atom stereocenters. The van der Waals surface area contributed by atoms with Gasteiger partial charge < -0.3 is 15.0 Å². The normalized spacial score (nSPS) is 13.8.